The van der Waals surface area contributed by atoms with Gasteiger partial charge in [-0.1, -0.05) is 104 Å². The summed E-state index contributed by atoms with van der Waals surface area (Å²) in [6.07, 6.45) is 2.03. The number of ether oxygens (including phenoxy) is 1. The molecule has 0 radical (unpaired) electrons. The van der Waals surface area contributed by atoms with E-state index < -0.39 is 0 Å². The third-order valence-electron chi connectivity index (χ3n) is 7.26. The van der Waals surface area contributed by atoms with Crippen molar-refractivity contribution in [3.05, 3.63) is 131 Å². The van der Waals surface area contributed by atoms with Gasteiger partial charge < -0.3 is 9.30 Å². The first-order valence-corrected chi connectivity index (χ1v) is 13.5. The normalized spacial score (nSPS) is 12.3. The van der Waals surface area contributed by atoms with Gasteiger partial charge >= 0.3 is 0 Å². The lowest BCUT2D eigenvalue weighted by Crippen LogP contribution is -2.20. The van der Waals surface area contributed by atoms with Gasteiger partial charge in [0.15, 0.2) is 11.6 Å². The molecule has 0 aliphatic heterocycles. The number of hydrogen-bond acceptors (Lipinski definition) is 3. The van der Waals surface area contributed by atoms with E-state index >= 15 is 0 Å². The third kappa shape index (κ3) is 4.09. The molecule has 4 aromatic carbocycles. The van der Waals surface area contributed by atoms with Crippen LogP contribution in [0.5, 0.6) is 5.75 Å². The van der Waals surface area contributed by atoms with Crippen LogP contribution in [0.2, 0.25) is 0 Å². The van der Waals surface area contributed by atoms with Crippen molar-refractivity contribution in [3.8, 4) is 34.0 Å². The smallest absolute Gasteiger partial charge is 0.196 e. The number of benzene rings is 4. The number of carbonyl (C=O) groups is 2. The predicted molar refractivity (Wildman–Crippen MR) is 155 cm³/mol. The van der Waals surface area contributed by atoms with Gasteiger partial charge in [-0.2, -0.15) is 0 Å². The van der Waals surface area contributed by atoms with Crippen molar-refractivity contribution in [3.63, 3.8) is 0 Å². The first-order valence-electron chi connectivity index (χ1n) is 13.5. The molecule has 4 heteroatoms. The Kier molecular flexibility index (Phi) is 6.45. The molecule has 0 fully saturated rings. The molecule has 0 spiro atoms. The largest absolute Gasteiger partial charge is 0.492 e. The van der Waals surface area contributed by atoms with Crippen molar-refractivity contribution in [2.24, 2.45) is 0 Å². The summed E-state index contributed by atoms with van der Waals surface area (Å²) in [5, 5.41) is 0. The second-order valence-corrected chi connectivity index (χ2v) is 9.70. The number of nitrogens with zero attached hydrogens (tertiary/aromatic N) is 1. The molecule has 1 aliphatic carbocycles. The lowest BCUT2D eigenvalue weighted by Gasteiger charge is -2.18. The van der Waals surface area contributed by atoms with E-state index in [4.69, 9.17) is 4.74 Å². The lowest BCUT2D eigenvalue weighted by atomic mass is 9.82. The van der Waals surface area contributed by atoms with Gasteiger partial charge in [-0.3, -0.25) is 9.59 Å². The highest BCUT2D eigenvalue weighted by Gasteiger charge is 2.39. The van der Waals surface area contributed by atoms with E-state index in [0.29, 0.717) is 46.0 Å². The molecule has 6 rings (SSSR count). The summed E-state index contributed by atoms with van der Waals surface area (Å²) < 4.78 is 8.14. The maximum absolute atomic E-state index is 14.3. The zero-order valence-corrected chi connectivity index (χ0v) is 22.1. The van der Waals surface area contributed by atoms with Gasteiger partial charge in [0.1, 0.15) is 5.75 Å². The minimum Gasteiger partial charge on any atom is -0.492 e. The molecule has 39 heavy (non-hydrogen) atoms. The molecule has 1 aromatic heterocycles. The summed E-state index contributed by atoms with van der Waals surface area (Å²) in [5.74, 6) is 0.402. The van der Waals surface area contributed by atoms with Crippen molar-refractivity contribution >= 4 is 11.6 Å². The number of aromatic nitrogens is 1. The van der Waals surface area contributed by atoms with Crippen molar-refractivity contribution in [1.82, 2.24) is 4.57 Å². The van der Waals surface area contributed by atoms with E-state index in [-0.39, 0.29) is 11.6 Å². The number of fused-ring (bicyclic) bond motifs is 2. The number of carbonyl (C=O) groups excluding carboxylic acids is 2. The van der Waals surface area contributed by atoms with Gasteiger partial charge in [0.2, 0.25) is 0 Å². The van der Waals surface area contributed by atoms with Crippen LogP contribution in [0.25, 0.3) is 28.2 Å². The highest BCUT2D eigenvalue weighted by molar-refractivity contribution is 6.32. The van der Waals surface area contributed by atoms with E-state index in [1.165, 1.54) is 5.56 Å². The second-order valence-electron chi connectivity index (χ2n) is 9.70. The summed E-state index contributed by atoms with van der Waals surface area (Å²) in [5.41, 5.74) is 6.89. The van der Waals surface area contributed by atoms with Crippen molar-refractivity contribution in [1.29, 1.82) is 0 Å². The Morgan fingerprint density at radius 1 is 0.615 bits per heavy atom. The number of hydrogen-bond donors (Lipinski definition) is 0. The second kappa shape index (κ2) is 10.2. The van der Waals surface area contributed by atoms with E-state index in [2.05, 4.69) is 35.8 Å². The fourth-order valence-corrected chi connectivity index (χ4v) is 5.58. The van der Waals surface area contributed by atoms with Crippen LogP contribution in [0, 0.1) is 0 Å². The molecule has 192 valence electrons. The Morgan fingerprint density at radius 2 is 1.15 bits per heavy atom. The maximum Gasteiger partial charge on any atom is 0.196 e. The molecule has 5 aromatic rings. The van der Waals surface area contributed by atoms with Crippen LogP contribution in [0.15, 0.2) is 103 Å². The first kappa shape index (κ1) is 24.6. The van der Waals surface area contributed by atoms with Gasteiger partial charge in [0, 0.05) is 11.1 Å². The summed E-state index contributed by atoms with van der Waals surface area (Å²) in [6.45, 7) is 4.60. The summed E-state index contributed by atoms with van der Waals surface area (Å²) in [4.78, 5) is 28.5. The number of rotatable bonds is 7. The molecule has 1 aliphatic rings. The molecule has 1 heterocycles. The van der Waals surface area contributed by atoms with Gasteiger partial charge in [0.05, 0.1) is 34.8 Å². The Hall–Kier alpha value is -4.70. The minimum atomic E-state index is -0.143. The van der Waals surface area contributed by atoms with E-state index in [9.17, 15) is 9.59 Å². The summed E-state index contributed by atoms with van der Waals surface area (Å²) in [7, 11) is 0. The maximum atomic E-state index is 14.3. The molecule has 0 amide bonds. The van der Waals surface area contributed by atoms with Crippen LogP contribution in [0.1, 0.15) is 57.7 Å². The number of ketones is 2. The highest BCUT2D eigenvalue weighted by Crippen LogP contribution is 2.45. The van der Waals surface area contributed by atoms with Crippen LogP contribution in [0.3, 0.4) is 0 Å². The van der Waals surface area contributed by atoms with Crippen molar-refractivity contribution in [2.45, 2.75) is 26.7 Å². The molecule has 4 nitrogen and oxygen atoms in total. The molecular formula is C35H29NO3. The average molecular weight is 512 g/mol. The van der Waals surface area contributed by atoms with Crippen LogP contribution in [0.4, 0.5) is 0 Å². The van der Waals surface area contributed by atoms with E-state index in [1.807, 2.05) is 73.7 Å². The van der Waals surface area contributed by atoms with E-state index in [0.717, 1.165) is 29.7 Å². The van der Waals surface area contributed by atoms with Crippen LogP contribution in [-0.2, 0) is 6.42 Å². The predicted octanol–water partition coefficient (Wildman–Crippen LogP) is 7.94. The van der Waals surface area contributed by atoms with Gasteiger partial charge in [-0.15, -0.1) is 0 Å². The topological polar surface area (TPSA) is 48.3 Å². The van der Waals surface area contributed by atoms with Crippen molar-refractivity contribution in [2.75, 3.05) is 6.61 Å². The lowest BCUT2D eigenvalue weighted by molar-refractivity contribution is 0.0981. The molecule has 0 saturated carbocycles. The molecule has 0 bridgehead atoms. The van der Waals surface area contributed by atoms with Crippen LogP contribution < -0.4 is 4.74 Å². The summed E-state index contributed by atoms with van der Waals surface area (Å²) >= 11 is 0. The average Bonchev–Trinajstić information content (AvgIpc) is 3.34. The quantitative estimate of drug-likeness (QED) is 0.219. The Labute approximate surface area is 228 Å². The first-order chi connectivity index (χ1) is 19.1. The molecule has 0 unspecified atom stereocenters. The zero-order valence-electron chi connectivity index (χ0n) is 22.1. The molecule has 0 saturated heterocycles. The zero-order chi connectivity index (χ0) is 26.9. The Morgan fingerprint density at radius 3 is 1.74 bits per heavy atom. The fourth-order valence-electron chi connectivity index (χ4n) is 5.58. The third-order valence-corrected chi connectivity index (χ3v) is 7.26. The highest BCUT2D eigenvalue weighted by atomic mass is 16.5. The van der Waals surface area contributed by atoms with Gasteiger partial charge in [-0.05, 0) is 42.2 Å². The monoisotopic (exact) mass is 511 g/mol. The van der Waals surface area contributed by atoms with Crippen LogP contribution in [-0.4, -0.2) is 22.7 Å². The number of aryl methyl sites for hydroxylation is 1. The fraction of sp³-hybridized carbons (Fsp3) is 0.143. The standard InChI is InChI=1S/C35H29NO3/c1-3-12-23-19-21-25(22-20-23)33-31-30(34(37)26-15-8-9-16-27(26)35(31)38)32(24-13-6-5-7-14-24)36(33)28-17-10-11-18-29(28)39-4-2/h5-11,13-22H,3-4,12H2,1-2H3. The number of para-hydroxylation sites is 2. The Bertz CT molecular complexity index is 1690. The SMILES string of the molecule is CCCc1ccc(-c2c3c(c(-c4ccccc4)n2-c2ccccc2OCC)C(=O)c2ccccc2C3=O)cc1. The molecule has 0 atom stereocenters. The molecule has 0 N–H and O–H groups in total. The van der Waals surface area contributed by atoms with Gasteiger partial charge in [-0.25, -0.2) is 0 Å². The van der Waals surface area contributed by atoms with E-state index in [1.54, 1.807) is 12.1 Å². The minimum absolute atomic E-state index is 0.141. The van der Waals surface area contributed by atoms with Crippen LogP contribution >= 0.6 is 0 Å². The summed E-state index contributed by atoms with van der Waals surface area (Å²) in [6, 6.07) is 33.1. The Balaban J connectivity index is 1.77. The molecular weight excluding hydrogens is 482 g/mol. The van der Waals surface area contributed by atoms with Crippen molar-refractivity contribution < 1.29 is 14.3 Å². The van der Waals surface area contributed by atoms with Gasteiger partial charge in [0.25, 0.3) is 0 Å².